The lowest BCUT2D eigenvalue weighted by atomic mass is 10.0. The Morgan fingerprint density at radius 2 is 2.19 bits per heavy atom. The topological polar surface area (TPSA) is 59.6 Å². The van der Waals surface area contributed by atoms with Gasteiger partial charge in [-0.25, -0.2) is 4.79 Å². The highest BCUT2D eigenvalue weighted by atomic mass is 16.6. The van der Waals surface area contributed by atoms with Crippen LogP contribution in [0.25, 0.3) is 0 Å². The quantitative estimate of drug-likeness (QED) is 0.879. The minimum absolute atomic E-state index is 0.0264. The van der Waals surface area contributed by atoms with E-state index in [1.807, 2.05) is 45.9 Å². The molecule has 1 aromatic carbocycles. The van der Waals surface area contributed by atoms with Gasteiger partial charge in [-0.1, -0.05) is 12.1 Å². The van der Waals surface area contributed by atoms with Gasteiger partial charge in [-0.3, -0.25) is 5.32 Å². The van der Waals surface area contributed by atoms with Crippen molar-refractivity contribution in [1.29, 1.82) is 0 Å². The molecule has 1 amide bonds. The first-order valence-electron chi connectivity index (χ1n) is 7.28. The molecule has 0 bridgehead atoms. The summed E-state index contributed by atoms with van der Waals surface area (Å²) in [5.41, 5.74) is 2.30. The number of anilines is 1. The first-order chi connectivity index (χ1) is 9.85. The fourth-order valence-electron chi connectivity index (χ4n) is 2.17. The summed E-state index contributed by atoms with van der Waals surface area (Å²) in [6, 6.07) is 5.98. The zero-order valence-electron chi connectivity index (χ0n) is 13.2. The molecule has 0 aromatic heterocycles. The predicted molar refractivity (Wildman–Crippen MR) is 82.6 cm³/mol. The molecule has 1 aromatic rings. The highest BCUT2D eigenvalue weighted by Crippen LogP contribution is 2.25. The molecular formula is C16H24N2O3. The maximum absolute atomic E-state index is 11.9. The summed E-state index contributed by atoms with van der Waals surface area (Å²) < 4.78 is 11.0. The molecular weight excluding hydrogens is 268 g/mol. The molecule has 1 unspecified atom stereocenters. The van der Waals surface area contributed by atoms with Gasteiger partial charge in [0.1, 0.15) is 5.60 Å². The zero-order valence-corrected chi connectivity index (χ0v) is 13.2. The molecule has 0 spiro atoms. The van der Waals surface area contributed by atoms with Crippen LogP contribution in [0.1, 0.15) is 38.0 Å². The Morgan fingerprint density at radius 3 is 2.81 bits per heavy atom. The molecule has 1 fully saturated rings. The Balaban J connectivity index is 2.10. The van der Waals surface area contributed by atoms with E-state index >= 15 is 0 Å². The fourth-order valence-corrected chi connectivity index (χ4v) is 2.17. The Bertz CT molecular complexity index is 503. The molecule has 1 atom stereocenters. The Hall–Kier alpha value is -1.59. The number of carbonyl (C=O) groups excluding carboxylic acids is 1. The van der Waals surface area contributed by atoms with Crippen LogP contribution >= 0.6 is 0 Å². The number of aryl methyl sites for hydroxylation is 1. The number of rotatable bonds is 2. The SMILES string of the molecule is Cc1ccc(C2CNCCO2)cc1NC(=O)OC(C)(C)C. The van der Waals surface area contributed by atoms with Gasteiger partial charge in [-0.15, -0.1) is 0 Å². The lowest BCUT2D eigenvalue weighted by molar-refractivity contribution is 0.0277. The second-order valence-electron chi connectivity index (χ2n) is 6.26. The third-order valence-electron chi connectivity index (χ3n) is 3.20. The fraction of sp³-hybridized carbons (Fsp3) is 0.562. The van der Waals surface area contributed by atoms with E-state index in [0.29, 0.717) is 6.61 Å². The Labute approximate surface area is 126 Å². The van der Waals surface area contributed by atoms with Crippen LogP contribution < -0.4 is 10.6 Å². The van der Waals surface area contributed by atoms with Crippen molar-refractivity contribution in [3.05, 3.63) is 29.3 Å². The van der Waals surface area contributed by atoms with Crippen molar-refractivity contribution in [2.75, 3.05) is 25.0 Å². The molecule has 1 aliphatic rings. The van der Waals surface area contributed by atoms with Crippen LogP contribution in [-0.2, 0) is 9.47 Å². The van der Waals surface area contributed by atoms with E-state index in [1.54, 1.807) is 0 Å². The van der Waals surface area contributed by atoms with E-state index in [9.17, 15) is 4.79 Å². The first-order valence-corrected chi connectivity index (χ1v) is 7.28. The van der Waals surface area contributed by atoms with Gasteiger partial charge in [0.25, 0.3) is 0 Å². The molecule has 21 heavy (non-hydrogen) atoms. The molecule has 2 N–H and O–H groups in total. The predicted octanol–water partition coefficient (Wildman–Crippen LogP) is 3.00. The molecule has 5 nitrogen and oxygen atoms in total. The molecule has 116 valence electrons. The van der Waals surface area contributed by atoms with Crippen molar-refractivity contribution in [2.24, 2.45) is 0 Å². The molecule has 0 aliphatic carbocycles. The first kappa shape index (κ1) is 15.8. The normalized spacial score (nSPS) is 19.1. The van der Waals surface area contributed by atoms with Crippen LogP contribution in [0.5, 0.6) is 0 Å². The lowest BCUT2D eigenvalue weighted by Gasteiger charge is -2.25. The maximum Gasteiger partial charge on any atom is 0.412 e. The van der Waals surface area contributed by atoms with Gasteiger partial charge in [-0.05, 0) is 44.9 Å². The Kier molecular flexibility index (Phi) is 4.85. The van der Waals surface area contributed by atoms with Gasteiger partial charge in [0.2, 0.25) is 0 Å². The summed E-state index contributed by atoms with van der Waals surface area (Å²) in [6.45, 7) is 9.86. The number of morpholine rings is 1. The summed E-state index contributed by atoms with van der Waals surface area (Å²) in [4.78, 5) is 11.9. The van der Waals surface area contributed by atoms with Gasteiger partial charge in [0.05, 0.1) is 12.7 Å². The molecule has 1 aliphatic heterocycles. The van der Waals surface area contributed by atoms with Gasteiger partial charge in [-0.2, -0.15) is 0 Å². The largest absolute Gasteiger partial charge is 0.444 e. The van der Waals surface area contributed by atoms with Crippen molar-refractivity contribution in [3.8, 4) is 0 Å². The monoisotopic (exact) mass is 292 g/mol. The molecule has 1 heterocycles. The van der Waals surface area contributed by atoms with Gasteiger partial charge >= 0.3 is 6.09 Å². The highest BCUT2D eigenvalue weighted by molar-refractivity contribution is 5.86. The summed E-state index contributed by atoms with van der Waals surface area (Å²) in [6.07, 6.45) is -0.413. The molecule has 0 saturated carbocycles. The lowest BCUT2D eigenvalue weighted by Crippen LogP contribution is -2.33. The van der Waals surface area contributed by atoms with E-state index < -0.39 is 11.7 Å². The number of benzene rings is 1. The molecule has 5 heteroatoms. The van der Waals surface area contributed by atoms with E-state index in [-0.39, 0.29) is 6.10 Å². The second kappa shape index (κ2) is 6.45. The Morgan fingerprint density at radius 1 is 1.43 bits per heavy atom. The van der Waals surface area contributed by atoms with Crippen molar-refractivity contribution >= 4 is 11.8 Å². The van der Waals surface area contributed by atoms with Crippen LogP contribution in [0.2, 0.25) is 0 Å². The van der Waals surface area contributed by atoms with Crippen LogP contribution in [-0.4, -0.2) is 31.4 Å². The third kappa shape index (κ3) is 4.72. The van der Waals surface area contributed by atoms with Gasteiger partial charge in [0, 0.05) is 18.8 Å². The number of ether oxygens (including phenoxy) is 2. The van der Waals surface area contributed by atoms with Crippen molar-refractivity contribution in [1.82, 2.24) is 5.32 Å². The van der Waals surface area contributed by atoms with Crippen LogP contribution in [0.4, 0.5) is 10.5 Å². The smallest absolute Gasteiger partial charge is 0.412 e. The van der Waals surface area contributed by atoms with Crippen molar-refractivity contribution in [2.45, 2.75) is 39.4 Å². The summed E-state index contributed by atoms with van der Waals surface area (Å²) in [5, 5.41) is 6.11. The summed E-state index contributed by atoms with van der Waals surface area (Å²) in [7, 11) is 0. The number of nitrogens with one attached hydrogen (secondary N) is 2. The number of carbonyl (C=O) groups is 1. The van der Waals surface area contributed by atoms with Crippen LogP contribution in [0, 0.1) is 6.92 Å². The van der Waals surface area contributed by atoms with E-state index in [1.165, 1.54) is 0 Å². The molecule has 1 saturated heterocycles. The number of hydrogen-bond donors (Lipinski definition) is 2. The summed E-state index contributed by atoms with van der Waals surface area (Å²) >= 11 is 0. The van der Waals surface area contributed by atoms with E-state index in [2.05, 4.69) is 10.6 Å². The minimum atomic E-state index is -0.508. The zero-order chi connectivity index (χ0) is 15.5. The summed E-state index contributed by atoms with van der Waals surface area (Å²) in [5.74, 6) is 0. The average molecular weight is 292 g/mol. The van der Waals surface area contributed by atoms with Gasteiger partial charge in [0.15, 0.2) is 0 Å². The second-order valence-corrected chi connectivity index (χ2v) is 6.26. The van der Waals surface area contributed by atoms with Gasteiger partial charge < -0.3 is 14.8 Å². The standard InChI is InChI=1S/C16H24N2O3/c1-11-5-6-12(14-10-17-7-8-20-14)9-13(11)18-15(19)21-16(2,3)4/h5-6,9,14,17H,7-8,10H2,1-4H3,(H,18,19). The number of amides is 1. The minimum Gasteiger partial charge on any atom is -0.444 e. The maximum atomic E-state index is 11.9. The van der Waals surface area contributed by atoms with Crippen molar-refractivity contribution in [3.63, 3.8) is 0 Å². The molecule has 2 rings (SSSR count). The van der Waals surface area contributed by atoms with Crippen molar-refractivity contribution < 1.29 is 14.3 Å². The highest BCUT2D eigenvalue weighted by Gasteiger charge is 2.19. The van der Waals surface area contributed by atoms with E-state index in [0.717, 1.165) is 29.9 Å². The third-order valence-corrected chi connectivity index (χ3v) is 3.20. The average Bonchev–Trinajstić information content (AvgIpc) is 2.40. The van der Waals surface area contributed by atoms with Crippen LogP contribution in [0.3, 0.4) is 0 Å². The van der Waals surface area contributed by atoms with Crippen LogP contribution in [0.15, 0.2) is 18.2 Å². The van der Waals surface area contributed by atoms with E-state index in [4.69, 9.17) is 9.47 Å². The molecule has 0 radical (unpaired) electrons. The number of hydrogen-bond acceptors (Lipinski definition) is 4.